The van der Waals surface area contributed by atoms with Crippen LogP contribution in [-0.2, 0) is 11.3 Å². The molecule has 3 heterocycles. The van der Waals surface area contributed by atoms with Crippen LogP contribution in [0.2, 0.25) is 0 Å². The van der Waals surface area contributed by atoms with Crippen molar-refractivity contribution in [2.24, 2.45) is 0 Å². The van der Waals surface area contributed by atoms with Crippen molar-refractivity contribution in [2.45, 2.75) is 20.4 Å². The maximum absolute atomic E-state index is 13.2. The van der Waals surface area contributed by atoms with Gasteiger partial charge in [-0.1, -0.05) is 23.4 Å². The van der Waals surface area contributed by atoms with Crippen molar-refractivity contribution in [3.8, 4) is 22.8 Å². The van der Waals surface area contributed by atoms with E-state index in [2.05, 4.69) is 20.6 Å². The Morgan fingerprint density at radius 1 is 1.06 bits per heavy atom. The van der Waals surface area contributed by atoms with Crippen LogP contribution >= 0.6 is 0 Å². The molecule has 34 heavy (non-hydrogen) atoms. The highest BCUT2D eigenvalue weighted by molar-refractivity contribution is 5.92. The fourth-order valence-electron chi connectivity index (χ4n) is 3.68. The number of hydrogen-bond donors (Lipinski definition) is 1. The van der Waals surface area contributed by atoms with Crippen molar-refractivity contribution in [1.29, 1.82) is 0 Å². The van der Waals surface area contributed by atoms with Gasteiger partial charge in [-0.05, 0) is 61.4 Å². The van der Waals surface area contributed by atoms with E-state index in [1.807, 2.05) is 32.0 Å². The number of fused-ring (bicyclic) bond motifs is 1. The number of para-hydroxylation sites is 1. The van der Waals surface area contributed by atoms with Crippen LogP contribution < -0.4 is 11.0 Å². The number of nitrogens with one attached hydrogen (secondary N) is 1. The van der Waals surface area contributed by atoms with E-state index in [9.17, 15) is 14.0 Å². The Balaban J connectivity index is 1.46. The van der Waals surface area contributed by atoms with Crippen molar-refractivity contribution in [1.82, 2.24) is 24.3 Å². The van der Waals surface area contributed by atoms with Gasteiger partial charge in [0.25, 0.3) is 5.89 Å². The molecule has 0 saturated heterocycles. The molecule has 0 bridgehead atoms. The molecule has 1 amide bonds. The molecule has 0 unspecified atom stereocenters. The second-order valence-corrected chi connectivity index (χ2v) is 7.80. The normalized spacial score (nSPS) is 11.1. The van der Waals surface area contributed by atoms with Gasteiger partial charge in [0.05, 0.1) is 5.56 Å². The highest BCUT2D eigenvalue weighted by Crippen LogP contribution is 2.25. The number of carbonyl (C=O) groups excluding carboxylic acids is 1. The van der Waals surface area contributed by atoms with Gasteiger partial charge in [-0.25, -0.2) is 18.3 Å². The van der Waals surface area contributed by atoms with Crippen LogP contribution in [0.1, 0.15) is 11.1 Å². The first-order chi connectivity index (χ1) is 16.4. The Labute approximate surface area is 192 Å². The van der Waals surface area contributed by atoms with E-state index >= 15 is 0 Å². The van der Waals surface area contributed by atoms with Crippen molar-refractivity contribution < 1.29 is 13.7 Å². The molecule has 3 aromatic heterocycles. The van der Waals surface area contributed by atoms with Gasteiger partial charge in [0.2, 0.25) is 11.7 Å². The predicted octanol–water partition coefficient (Wildman–Crippen LogP) is 3.61. The van der Waals surface area contributed by atoms with Gasteiger partial charge in [-0.15, -0.1) is 5.10 Å². The first kappa shape index (κ1) is 21.3. The third kappa shape index (κ3) is 3.85. The minimum atomic E-state index is -0.480. The van der Waals surface area contributed by atoms with Gasteiger partial charge < -0.3 is 9.84 Å². The van der Waals surface area contributed by atoms with Gasteiger partial charge >= 0.3 is 5.69 Å². The third-order valence-electron chi connectivity index (χ3n) is 5.41. The monoisotopic (exact) mass is 458 g/mol. The summed E-state index contributed by atoms with van der Waals surface area (Å²) in [6.07, 6.45) is 1.55. The zero-order valence-electron chi connectivity index (χ0n) is 18.3. The number of aromatic nitrogens is 5. The Morgan fingerprint density at radius 2 is 1.79 bits per heavy atom. The second kappa shape index (κ2) is 8.39. The van der Waals surface area contributed by atoms with E-state index in [-0.39, 0.29) is 35.6 Å². The molecule has 0 atom stereocenters. The number of amides is 1. The molecule has 9 nitrogen and oxygen atoms in total. The number of nitrogens with zero attached hydrogens (tertiary/aromatic N) is 5. The third-order valence-corrected chi connectivity index (χ3v) is 5.41. The molecule has 0 aliphatic rings. The molecule has 0 radical (unpaired) electrons. The van der Waals surface area contributed by atoms with Gasteiger partial charge in [0.1, 0.15) is 12.4 Å². The second-order valence-electron chi connectivity index (χ2n) is 7.80. The Hall–Kier alpha value is -4.60. The molecule has 1 N–H and O–H groups in total. The number of halogens is 1. The van der Waals surface area contributed by atoms with E-state index in [0.29, 0.717) is 16.8 Å². The SMILES string of the molecule is Cc1cccc(C)c1NC(=O)Cn1nc2c(-c3nc(-c4ccc(F)cc4)no3)cccn2c1=O. The molecule has 0 saturated carbocycles. The summed E-state index contributed by atoms with van der Waals surface area (Å²) in [6, 6.07) is 14.7. The van der Waals surface area contributed by atoms with Crippen LogP contribution in [0.4, 0.5) is 10.1 Å². The average molecular weight is 458 g/mol. The molecule has 10 heteroatoms. The first-order valence-corrected chi connectivity index (χ1v) is 10.4. The molecule has 0 aliphatic carbocycles. The maximum Gasteiger partial charge on any atom is 0.350 e. The Kier molecular flexibility index (Phi) is 5.25. The van der Waals surface area contributed by atoms with Crippen LogP contribution in [0.3, 0.4) is 0 Å². The number of hydrogen-bond acceptors (Lipinski definition) is 6. The summed E-state index contributed by atoms with van der Waals surface area (Å²) in [5, 5.41) is 11.1. The Bertz CT molecular complexity index is 1560. The van der Waals surface area contributed by atoms with Crippen LogP contribution in [0.5, 0.6) is 0 Å². The maximum atomic E-state index is 13.2. The minimum absolute atomic E-state index is 0.141. The summed E-state index contributed by atoms with van der Waals surface area (Å²) in [5.41, 5.74) is 3.35. The van der Waals surface area contributed by atoms with Crippen LogP contribution in [0.15, 0.2) is 70.1 Å². The molecule has 0 aliphatic heterocycles. The lowest BCUT2D eigenvalue weighted by Gasteiger charge is -2.10. The lowest BCUT2D eigenvalue weighted by molar-refractivity contribution is -0.117. The van der Waals surface area contributed by atoms with Crippen LogP contribution in [-0.4, -0.2) is 30.2 Å². The zero-order valence-corrected chi connectivity index (χ0v) is 18.3. The van der Waals surface area contributed by atoms with Crippen molar-refractivity contribution >= 4 is 17.2 Å². The van der Waals surface area contributed by atoms with Crippen LogP contribution in [0, 0.1) is 19.7 Å². The van der Waals surface area contributed by atoms with Gasteiger partial charge in [0, 0.05) is 17.4 Å². The summed E-state index contributed by atoms with van der Waals surface area (Å²) < 4.78 is 21.0. The van der Waals surface area contributed by atoms with E-state index in [0.717, 1.165) is 15.8 Å². The first-order valence-electron chi connectivity index (χ1n) is 10.4. The van der Waals surface area contributed by atoms with Crippen molar-refractivity contribution in [2.75, 3.05) is 5.32 Å². The lowest BCUT2D eigenvalue weighted by atomic mass is 10.1. The predicted molar refractivity (Wildman–Crippen MR) is 123 cm³/mol. The summed E-state index contributed by atoms with van der Waals surface area (Å²) in [4.78, 5) is 29.9. The fourth-order valence-corrected chi connectivity index (χ4v) is 3.68. The standard InChI is InChI=1S/C24H19FN6O3/c1-14-5-3-6-15(2)20(14)26-19(32)13-31-24(33)30-12-4-7-18(22(30)28-31)23-27-21(29-34-23)16-8-10-17(25)11-9-16/h3-12H,13H2,1-2H3,(H,26,32). The molecular weight excluding hydrogens is 439 g/mol. The molecular formula is C24H19FN6O3. The molecule has 0 spiro atoms. The van der Waals surface area contributed by atoms with E-state index in [4.69, 9.17) is 4.52 Å². The smallest absolute Gasteiger partial charge is 0.333 e. The van der Waals surface area contributed by atoms with Gasteiger partial charge in [-0.2, -0.15) is 4.98 Å². The molecule has 170 valence electrons. The average Bonchev–Trinajstić information content (AvgIpc) is 3.42. The van der Waals surface area contributed by atoms with E-state index < -0.39 is 5.69 Å². The molecule has 0 fully saturated rings. The number of benzene rings is 2. The number of carbonyl (C=O) groups is 1. The topological polar surface area (TPSA) is 107 Å². The minimum Gasteiger partial charge on any atom is -0.333 e. The highest BCUT2D eigenvalue weighted by atomic mass is 19.1. The number of aryl methyl sites for hydroxylation is 2. The zero-order chi connectivity index (χ0) is 23.8. The lowest BCUT2D eigenvalue weighted by Crippen LogP contribution is -2.28. The van der Waals surface area contributed by atoms with E-state index in [1.54, 1.807) is 30.5 Å². The fraction of sp³-hybridized carbons (Fsp3) is 0.125. The van der Waals surface area contributed by atoms with Gasteiger partial charge in [-0.3, -0.25) is 4.79 Å². The van der Waals surface area contributed by atoms with Crippen LogP contribution in [0.25, 0.3) is 28.5 Å². The molecule has 5 aromatic rings. The number of anilines is 1. The van der Waals surface area contributed by atoms with E-state index in [1.165, 1.54) is 16.5 Å². The van der Waals surface area contributed by atoms with Crippen molar-refractivity contribution in [3.05, 3.63) is 88.2 Å². The summed E-state index contributed by atoms with van der Waals surface area (Å²) in [5.74, 6) is -0.335. The number of pyridine rings is 1. The Morgan fingerprint density at radius 3 is 2.53 bits per heavy atom. The summed E-state index contributed by atoms with van der Waals surface area (Å²) >= 11 is 0. The molecule has 2 aromatic carbocycles. The molecule has 5 rings (SSSR count). The summed E-state index contributed by atoms with van der Waals surface area (Å²) in [7, 11) is 0. The highest BCUT2D eigenvalue weighted by Gasteiger charge is 2.19. The van der Waals surface area contributed by atoms with Gasteiger partial charge in [0.15, 0.2) is 5.65 Å². The summed E-state index contributed by atoms with van der Waals surface area (Å²) in [6.45, 7) is 3.53. The number of rotatable bonds is 5. The largest absolute Gasteiger partial charge is 0.350 e. The quantitative estimate of drug-likeness (QED) is 0.431. The van der Waals surface area contributed by atoms with Crippen molar-refractivity contribution in [3.63, 3.8) is 0 Å².